The molecule has 33 heavy (non-hydrogen) atoms. The zero-order valence-corrected chi connectivity index (χ0v) is 20.1. The van der Waals surface area contributed by atoms with E-state index in [1.165, 1.54) is 12.1 Å². The summed E-state index contributed by atoms with van der Waals surface area (Å²) in [5.74, 6) is -0.836. The molecular formula is C27H28Cl2F2N2. The second-order valence-corrected chi connectivity index (χ2v) is 9.58. The normalized spacial score (nSPS) is 15.6. The molecule has 1 saturated heterocycles. The Morgan fingerprint density at radius 2 is 1.36 bits per heavy atom. The van der Waals surface area contributed by atoms with Crippen LogP contribution >= 0.6 is 23.2 Å². The molecule has 4 rings (SSSR count). The van der Waals surface area contributed by atoms with Gasteiger partial charge in [-0.3, -0.25) is 4.90 Å². The van der Waals surface area contributed by atoms with Gasteiger partial charge in [0.15, 0.2) is 0 Å². The smallest absolute Gasteiger partial charge is 0.126 e. The number of benzene rings is 3. The molecule has 1 N–H and O–H groups in total. The van der Waals surface area contributed by atoms with Crippen molar-refractivity contribution < 1.29 is 8.78 Å². The minimum atomic E-state index is -0.538. The Bertz CT molecular complexity index is 985. The highest BCUT2D eigenvalue weighted by atomic mass is 35.5. The molecular weight excluding hydrogens is 461 g/mol. The molecule has 1 unspecified atom stereocenters. The van der Waals surface area contributed by atoms with Crippen molar-refractivity contribution >= 4 is 23.2 Å². The monoisotopic (exact) mass is 488 g/mol. The van der Waals surface area contributed by atoms with Crippen molar-refractivity contribution in [1.82, 2.24) is 10.2 Å². The van der Waals surface area contributed by atoms with Gasteiger partial charge in [-0.1, -0.05) is 60.8 Å². The molecule has 174 valence electrons. The molecule has 2 nitrogen and oxygen atoms in total. The zero-order valence-electron chi connectivity index (χ0n) is 18.6. The number of nitrogens with one attached hydrogen (secondary N) is 1. The first-order valence-electron chi connectivity index (χ1n) is 11.4. The number of likely N-dealkylation sites (tertiary alicyclic amines) is 1. The Labute approximate surface area is 204 Å². The van der Waals surface area contributed by atoms with Gasteiger partial charge in [0.25, 0.3) is 0 Å². The van der Waals surface area contributed by atoms with E-state index in [0.29, 0.717) is 15.6 Å². The SMILES string of the molecule is CCCCNC(c1cc(F)cc(F)c1)C1CN(C(c2ccc(Cl)cc2)c2ccc(Cl)cc2)C1. The Hall–Kier alpha value is -1.98. The van der Waals surface area contributed by atoms with E-state index >= 15 is 0 Å². The van der Waals surface area contributed by atoms with Gasteiger partial charge >= 0.3 is 0 Å². The van der Waals surface area contributed by atoms with E-state index in [1.807, 2.05) is 48.5 Å². The molecule has 1 aliphatic rings. The summed E-state index contributed by atoms with van der Waals surface area (Å²) in [5.41, 5.74) is 2.96. The third-order valence-corrected chi connectivity index (χ3v) is 6.79. The van der Waals surface area contributed by atoms with Crippen molar-refractivity contribution in [2.75, 3.05) is 19.6 Å². The molecule has 3 aromatic carbocycles. The van der Waals surface area contributed by atoms with Crippen LogP contribution in [0.5, 0.6) is 0 Å². The van der Waals surface area contributed by atoms with Crippen LogP contribution in [0.25, 0.3) is 0 Å². The topological polar surface area (TPSA) is 15.3 Å². The summed E-state index contributed by atoms with van der Waals surface area (Å²) < 4.78 is 28.0. The predicted molar refractivity (Wildman–Crippen MR) is 132 cm³/mol. The van der Waals surface area contributed by atoms with Crippen LogP contribution < -0.4 is 5.32 Å². The first-order chi connectivity index (χ1) is 15.9. The maximum atomic E-state index is 14.0. The number of nitrogens with zero attached hydrogens (tertiary/aromatic N) is 1. The number of unbranched alkanes of at least 4 members (excludes halogenated alkanes) is 1. The van der Waals surface area contributed by atoms with Gasteiger partial charge in [-0.2, -0.15) is 0 Å². The summed E-state index contributed by atoms with van der Waals surface area (Å²) in [6, 6.07) is 19.6. The van der Waals surface area contributed by atoms with Crippen LogP contribution in [0.4, 0.5) is 8.78 Å². The molecule has 1 aliphatic heterocycles. The summed E-state index contributed by atoms with van der Waals surface area (Å²) in [4.78, 5) is 2.39. The van der Waals surface area contributed by atoms with Crippen molar-refractivity contribution in [1.29, 1.82) is 0 Å². The van der Waals surface area contributed by atoms with Crippen molar-refractivity contribution in [3.05, 3.63) is 105 Å². The minimum absolute atomic E-state index is 0.0521. The maximum absolute atomic E-state index is 14.0. The van der Waals surface area contributed by atoms with E-state index in [-0.39, 0.29) is 18.0 Å². The fourth-order valence-electron chi connectivity index (χ4n) is 4.62. The quantitative estimate of drug-likeness (QED) is 0.315. The molecule has 0 amide bonds. The van der Waals surface area contributed by atoms with Crippen LogP contribution in [-0.4, -0.2) is 24.5 Å². The lowest BCUT2D eigenvalue weighted by Gasteiger charge is -2.48. The highest BCUT2D eigenvalue weighted by Gasteiger charge is 2.39. The van der Waals surface area contributed by atoms with Gasteiger partial charge in [0, 0.05) is 41.2 Å². The summed E-state index contributed by atoms with van der Waals surface area (Å²) in [6.07, 6.45) is 2.08. The molecule has 1 atom stereocenters. The fourth-order valence-corrected chi connectivity index (χ4v) is 4.87. The lowest BCUT2D eigenvalue weighted by Crippen LogP contribution is -2.53. The van der Waals surface area contributed by atoms with E-state index in [4.69, 9.17) is 23.2 Å². The van der Waals surface area contributed by atoms with E-state index in [9.17, 15) is 8.78 Å². The zero-order chi connectivity index (χ0) is 23.4. The molecule has 0 radical (unpaired) electrons. The largest absolute Gasteiger partial charge is 0.310 e. The minimum Gasteiger partial charge on any atom is -0.310 e. The van der Waals surface area contributed by atoms with Crippen LogP contribution in [0.15, 0.2) is 66.7 Å². The molecule has 0 bridgehead atoms. The predicted octanol–water partition coefficient (Wildman–Crippen LogP) is 7.42. The van der Waals surface area contributed by atoms with Gasteiger partial charge in [-0.15, -0.1) is 0 Å². The molecule has 0 saturated carbocycles. The van der Waals surface area contributed by atoms with E-state index in [2.05, 4.69) is 17.1 Å². The van der Waals surface area contributed by atoms with Crippen molar-refractivity contribution in [3.63, 3.8) is 0 Å². The van der Waals surface area contributed by atoms with Gasteiger partial charge in [0.05, 0.1) is 6.04 Å². The Morgan fingerprint density at radius 1 is 0.848 bits per heavy atom. The van der Waals surface area contributed by atoms with Crippen molar-refractivity contribution in [3.8, 4) is 0 Å². The van der Waals surface area contributed by atoms with E-state index < -0.39 is 11.6 Å². The highest BCUT2D eigenvalue weighted by molar-refractivity contribution is 6.30. The molecule has 0 aliphatic carbocycles. The molecule has 3 aromatic rings. The average molecular weight is 489 g/mol. The molecule has 6 heteroatoms. The summed E-state index contributed by atoms with van der Waals surface area (Å²) >= 11 is 12.3. The molecule has 0 spiro atoms. The van der Waals surface area contributed by atoms with E-state index in [1.54, 1.807) is 0 Å². The van der Waals surface area contributed by atoms with Crippen molar-refractivity contribution in [2.45, 2.75) is 31.8 Å². The summed E-state index contributed by atoms with van der Waals surface area (Å²) in [6.45, 7) is 4.55. The summed E-state index contributed by atoms with van der Waals surface area (Å²) in [5, 5.41) is 4.95. The van der Waals surface area contributed by atoms with Crippen LogP contribution in [0.1, 0.15) is 48.5 Å². The third-order valence-electron chi connectivity index (χ3n) is 6.28. The molecule has 1 fully saturated rings. The Kier molecular flexibility index (Phi) is 8.02. The summed E-state index contributed by atoms with van der Waals surface area (Å²) in [7, 11) is 0. The number of halogens is 4. The number of hydrogen-bond acceptors (Lipinski definition) is 2. The highest BCUT2D eigenvalue weighted by Crippen LogP contribution is 2.39. The van der Waals surface area contributed by atoms with Gasteiger partial charge < -0.3 is 5.32 Å². The Balaban J connectivity index is 1.57. The van der Waals surface area contributed by atoms with Gasteiger partial charge in [0.1, 0.15) is 11.6 Å². The standard InChI is InChI=1S/C27H28Cl2F2N2/c1-2-3-12-32-26(20-13-24(30)15-25(31)14-20)21-16-33(17-21)27(18-4-8-22(28)9-5-18)19-6-10-23(29)11-7-19/h4-11,13-15,21,26-27,32H,2-3,12,16-17H2,1H3. The van der Waals surface area contributed by atoms with Gasteiger partial charge in [-0.05, 0) is 66.1 Å². The first-order valence-corrected chi connectivity index (χ1v) is 12.1. The lowest BCUT2D eigenvalue weighted by molar-refractivity contribution is 0.0436. The van der Waals surface area contributed by atoms with Gasteiger partial charge in [-0.25, -0.2) is 8.78 Å². The second-order valence-electron chi connectivity index (χ2n) is 8.71. The second kappa shape index (κ2) is 11.0. The fraction of sp³-hybridized carbons (Fsp3) is 0.333. The van der Waals surface area contributed by atoms with Crippen LogP contribution in [-0.2, 0) is 0 Å². The van der Waals surface area contributed by atoms with Crippen molar-refractivity contribution in [2.24, 2.45) is 5.92 Å². The molecule has 0 aromatic heterocycles. The number of rotatable bonds is 9. The van der Waals surface area contributed by atoms with Crippen LogP contribution in [0, 0.1) is 17.6 Å². The van der Waals surface area contributed by atoms with E-state index in [0.717, 1.165) is 49.7 Å². The average Bonchev–Trinajstić information content (AvgIpc) is 2.75. The molecule has 1 heterocycles. The maximum Gasteiger partial charge on any atom is 0.126 e. The number of hydrogen-bond donors (Lipinski definition) is 1. The first kappa shape index (κ1) is 24.2. The van der Waals surface area contributed by atoms with Crippen LogP contribution in [0.2, 0.25) is 10.0 Å². The Morgan fingerprint density at radius 3 is 1.85 bits per heavy atom. The van der Waals surface area contributed by atoms with Crippen LogP contribution in [0.3, 0.4) is 0 Å². The lowest BCUT2D eigenvalue weighted by atomic mass is 9.83. The van der Waals surface area contributed by atoms with Gasteiger partial charge in [0.2, 0.25) is 0 Å². The third kappa shape index (κ3) is 5.93.